The Balaban J connectivity index is 1.16. The highest BCUT2D eigenvalue weighted by molar-refractivity contribution is 5.95. The number of fused-ring (bicyclic) bond motifs is 1. The summed E-state index contributed by atoms with van der Waals surface area (Å²) in [6.45, 7) is 3.54. The van der Waals surface area contributed by atoms with Gasteiger partial charge in [0.15, 0.2) is 0 Å². The molecule has 2 saturated heterocycles. The molecule has 2 aliphatic heterocycles. The lowest BCUT2D eigenvalue weighted by Crippen LogP contribution is -2.37. The van der Waals surface area contributed by atoms with E-state index in [4.69, 9.17) is 10.2 Å². The maximum atomic E-state index is 13.3. The molecule has 0 bridgehead atoms. The summed E-state index contributed by atoms with van der Waals surface area (Å²) in [5.74, 6) is 2.21. The predicted octanol–water partition coefficient (Wildman–Crippen LogP) is 5.12. The quantitative estimate of drug-likeness (QED) is 0.442. The Hall–Kier alpha value is -4.18. The fourth-order valence-electron chi connectivity index (χ4n) is 5.38. The molecule has 36 heavy (non-hydrogen) atoms. The van der Waals surface area contributed by atoms with Gasteiger partial charge < -0.3 is 14.8 Å². The SMILES string of the molecule is N#Cc1ccc(C2CCN(C(=O)c3cccc(-c4nc5cc(N6CCCC6)ncc5[nH]4)c3)CC2)cc1. The number of rotatable bonds is 4. The standard InChI is InChI=1S/C29H28N6O/c30-18-20-6-8-21(9-7-20)22-10-14-35(15-11-22)29(36)24-5-3-4-23(16-24)28-32-25-17-27(31-19-26(25)33-28)34-12-1-2-13-34/h3-9,16-17,19,22H,1-2,10-15H2,(H,32,33). The number of aromatic amines is 1. The van der Waals surface area contributed by atoms with E-state index in [1.807, 2.05) is 65.7 Å². The van der Waals surface area contributed by atoms with Gasteiger partial charge in [0.2, 0.25) is 0 Å². The zero-order valence-electron chi connectivity index (χ0n) is 20.2. The van der Waals surface area contributed by atoms with E-state index in [9.17, 15) is 4.79 Å². The van der Waals surface area contributed by atoms with Gasteiger partial charge in [-0.3, -0.25) is 4.79 Å². The van der Waals surface area contributed by atoms with E-state index in [1.54, 1.807) is 0 Å². The Morgan fingerprint density at radius 1 is 1.00 bits per heavy atom. The van der Waals surface area contributed by atoms with Crippen LogP contribution in [-0.4, -0.2) is 51.9 Å². The number of nitrogens with zero attached hydrogens (tertiary/aromatic N) is 5. The van der Waals surface area contributed by atoms with E-state index >= 15 is 0 Å². The fraction of sp³-hybridized carbons (Fsp3) is 0.310. The van der Waals surface area contributed by atoms with Crippen LogP contribution in [0.15, 0.2) is 60.8 Å². The van der Waals surface area contributed by atoms with Crippen molar-refractivity contribution in [3.63, 3.8) is 0 Å². The molecule has 1 amide bonds. The van der Waals surface area contributed by atoms with Crippen LogP contribution in [0.1, 0.15) is 53.1 Å². The third kappa shape index (κ3) is 4.31. The van der Waals surface area contributed by atoms with Gasteiger partial charge in [-0.2, -0.15) is 5.26 Å². The second-order valence-corrected chi connectivity index (χ2v) is 9.72. The number of benzene rings is 2. The van der Waals surface area contributed by atoms with Crippen LogP contribution in [0, 0.1) is 11.3 Å². The normalized spacial score (nSPS) is 16.4. The molecule has 0 radical (unpaired) electrons. The van der Waals surface area contributed by atoms with Gasteiger partial charge >= 0.3 is 0 Å². The topological polar surface area (TPSA) is 88.9 Å². The molecule has 7 heteroatoms. The molecule has 4 aromatic rings. The Bertz CT molecular complexity index is 1440. The Morgan fingerprint density at radius 2 is 1.78 bits per heavy atom. The lowest BCUT2D eigenvalue weighted by molar-refractivity contribution is 0.0713. The third-order valence-corrected chi connectivity index (χ3v) is 7.46. The number of hydrogen-bond acceptors (Lipinski definition) is 5. The number of amides is 1. The van der Waals surface area contributed by atoms with Crippen LogP contribution < -0.4 is 4.90 Å². The summed E-state index contributed by atoms with van der Waals surface area (Å²) in [6.07, 6.45) is 6.12. The van der Waals surface area contributed by atoms with Gasteiger partial charge in [0.1, 0.15) is 11.6 Å². The molecule has 1 N–H and O–H groups in total. The number of carbonyl (C=O) groups is 1. The molecule has 2 aromatic heterocycles. The van der Waals surface area contributed by atoms with Crippen molar-refractivity contribution in [2.24, 2.45) is 0 Å². The van der Waals surface area contributed by atoms with E-state index in [0.717, 1.165) is 67.3 Å². The van der Waals surface area contributed by atoms with Gasteiger partial charge in [-0.25, -0.2) is 9.97 Å². The van der Waals surface area contributed by atoms with E-state index in [0.29, 0.717) is 17.0 Å². The molecule has 4 heterocycles. The highest BCUT2D eigenvalue weighted by atomic mass is 16.2. The molecule has 2 fully saturated rings. The molecule has 0 aliphatic carbocycles. The van der Waals surface area contributed by atoms with Gasteiger partial charge in [0, 0.05) is 43.4 Å². The van der Waals surface area contributed by atoms with Crippen molar-refractivity contribution < 1.29 is 4.79 Å². The van der Waals surface area contributed by atoms with Crippen molar-refractivity contribution in [2.75, 3.05) is 31.1 Å². The van der Waals surface area contributed by atoms with Crippen LogP contribution in [-0.2, 0) is 0 Å². The number of H-pyrrole nitrogens is 1. The van der Waals surface area contributed by atoms with Crippen molar-refractivity contribution in [3.05, 3.63) is 77.5 Å². The Kier molecular flexibility index (Phi) is 5.86. The average Bonchev–Trinajstić information content (AvgIpc) is 3.63. The van der Waals surface area contributed by atoms with Gasteiger partial charge in [0.05, 0.1) is 28.9 Å². The number of carbonyl (C=O) groups excluding carboxylic acids is 1. The monoisotopic (exact) mass is 476 g/mol. The highest BCUT2D eigenvalue weighted by Crippen LogP contribution is 2.30. The molecule has 0 atom stereocenters. The molecule has 2 aliphatic rings. The predicted molar refractivity (Wildman–Crippen MR) is 140 cm³/mol. The van der Waals surface area contributed by atoms with Gasteiger partial charge in [-0.15, -0.1) is 0 Å². The number of nitriles is 1. The molecule has 2 aromatic carbocycles. The molecule has 6 rings (SSSR count). The molecular weight excluding hydrogens is 448 g/mol. The largest absolute Gasteiger partial charge is 0.357 e. The van der Waals surface area contributed by atoms with E-state index < -0.39 is 0 Å². The molecular formula is C29H28N6O. The number of likely N-dealkylation sites (tertiary alicyclic amines) is 1. The minimum absolute atomic E-state index is 0.0595. The maximum Gasteiger partial charge on any atom is 0.253 e. The summed E-state index contributed by atoms with van der Waals surface area (Å²) in [6, 6.07) is 19.8. The van der Waals surface area contributed by atoms with Crippen molar-refractivity contribution in [1.82, 2.24) is 19.9 Å². The number of anilines is 1. The van der Waals surface area contributed by atoms with Crippen LogP contribution in [0.3, 0.4) is 0 Å². The third-order valence-electron chi connectivity index (χ3n) is 7.46. The summed E-state index contributed by atoms with van der Waals surface area (Å²) in [7, 11) is 0. The Labute approximate surface area is 210 Å². The zero-order chi connectivity index (χ0) is 24.5. The minimum Gasteiger partial charge on any atom is -0.357 e. The van der Waals surface area contributed by atoms with Crippen molar-refractivity contribution in [1.29, 1.82) is 5.26 Å². The first-order valence-electron chi connectivity index (χ1n) is 12.7. The van der Waals surface area contributed by atoms with Crippen LogP contribution in [0.4, 0.5) is 5.82 Å². The Morgan fingerprint density at radius 3 is 2.53 bits per heavy atom. The number of aromatic nitrogens is 3. The summed E-state index contributed by atoms with van der Waals surface area (Å²) in [5.41, 5.74) is 5.29. The second kappa shape index (κ2) is 9.46. The average molecular weight is 477 g/mol. The smallest absolute Gasteiger partial charge is 0.253 e. The summed E-state index contributed by atoms with van der Waals surface area (Å²) < 4.78 is 0. The molecule has 0 unspecified atom stereocenters. The highest BCUT2D eigenvalue weighted by Gasteiger charge is 2.25. The molecule has 7 nitrogen and oxygen atoms in total. The maximum absolute atomic E-state index is 13.3. The lowest BCUT2D eigenvalue weighted by atomic mass is 9.89. The summed E-state index contributed by atoms with van der Waals surface area (Å²) in [5, 5.41) is 9.02. The number of hydrogen-bond donors (Lipinski definition) is 1. The van der Waals surface area contributed by atoms with Crippen LogP contribution in [0.5, 0.6) is 0 Å². The first kappa shape index (κ1) is 22.3. The number of nitrogens with one attached hydrogen (secondary N) is 1. The first-order valence-corrected chi connectivity index (χ1v) is 12.7. The molecule has 180 valence electrons. The second-order valence-electron chi connectivity index (χ2n) is 9.72. The lowest BCUT2D eigenvalue weighted by Gasteiger charge is -2.32. The minimum atomic E-state index is 0.0595. The van der Waals surface area contributed by atoms with Crippen molar-refractivity contribution in [3.8, 4) is 17.5 Å². The van der Waals surface area contributed by atoms with Crippen LogP contribution in [0.25, 0.3) is 22.4 Å². The number of imidazole rings is 1. The van der Waals surface area contributed by atoms with E-state index in [2.05, 4.69) is 20.9 Å². The van der Waals surface area contributed by atoms with Crippen molar-refractivity contribution >= 4 is 22.8 Å². The summed E-state index contributed by atoms with van der Waals surface area (Å²) >= 11 is 0. The van der Waals surface area contributed by atoms with Crippen LogP contribution >= 0.6 is 0 Å². The number of piperidine rings is 1. The fourth-order valence-corrected chi connectivity index (χ4v) is 5.38. The number of pyridine rings is 1. The molecule has 0 saturated carbocycles. The van der Waals surface area contributed by atoms with Gasteiger partial charge in [0.25, 0.3) is 5.91 Å². The van der Waals surface area contributed by atoms with E-state index in [-0.39, 0.29) is 5.91 Å². The summed E-state index contributed by atoms with van der Waals surface area (Å²) in [4.78, 5) is 30.4. The van der Waals surface area contributed by atoms with Gasteiger partial charge in [-0.1, -0.05) is 24.3 Å². The first-order chi connectivity index (χ1) is 17.7. The van der Waals surface area contributed by atoms with Crippen molar-refractivity contribution in [2.45, 2.75) is 31.6 Å². The van der Waals surface area contributed by atoms with E-state index in [1.165, 1.54) is 18.4 Å². The zero-order valence-corrected chi connectivity index (χ0v) is 20.2. The van der Waals surface area contributed by atoms with Crippen LogP contribution in [0.2, 0.25) is 0 Å². The molecule has 0 spiro atoms. The van der Waals surface area contributed by atoms with Gasteiger partial charge in [-0.05, 0) is 61.4 Å².